The van der Waals surface area contributed by atoms with Gasteiger partial charge in [0.2, 0.25) is 0 Å². The van der Waals surface area contributed by atoms with Crippen molar-refractivity contribution in [2.24, 2.45) is 5.92 Å². The van der Waals surface area contributed by atoms with E-state index in [1.807, 2.05) is 13.8 Å². The van der Waals surface area contributed by atoms with Crippen LogP contribution in [0.3, 0.4) is 0 Å². The van der Waals surface area contributed by atoms with Crippen LogP contribution in [0.1, 0.15) is 59.3 Å². The number of carboxylic acids is 1. The Bertz CT molecular complexity index is 329. The second-order valence-electron chi connectivity index (χ2n) is 6.24. The zero-order valence-corrected chi connectivity index (χ0v) is 12.2. The van der Waals surface area contributed by atoms with Crippen LogP contribution in [-0.4, -0.2) is 28.7 Å². The van der Waals surface area contributed by atoms with Gasteiger partial charge in [-0.2, -0.15) is 0 Å². The summed E-state index contributed by atoms with van der Waals surface area (Å²) >= 11 is 0. The Morgan fingerprint density at radius 2 is 1.89 bits per heavy atom. The molecule has 0 aliphatic heterocycles. The first-order chi connectivity index (χ1) is 8.80. The normalized spacial score (nSPS) is 23.7. The molecule has 5 heteroatoms. The molecule has 0 spiro atoms. The zero-order valence-electron chi connectivity index (χ0n) is 12.2. The number of rotatable bonds is 5. The Morgan fingerprint density at radius 1 is 1.26 bits per heavy atom. The predicted molar refractivity (Wildman–Crippen MR) is 74.0 cm³/mol. The first-order valence-electron chi connectivity index (χ1n) is 7.10. The van der Waals surface area contributed by atoms with Gasteiger partial charge in [0.1, 0.15) is 0 Å². The summed E-state index contributed by atoms with van der Waals surface area (Å²) in [7, 11) is 0. The molecule has 110 valence electrons. The standard InChI is InChI=1S/C14H26N2O3/c1-10-6-4-5-7-11(10)15-13(19)16-14(2,3)9-8-12(17)18/h10-11H,4-9H2,1-3H3,(H,17,18)(H2,15,16,19). The van der Waals surface area contributed by atoms with E-state index in [-0.39, 0.29) is 18.5 Å². The molecule has 5 nitrogen and oxygen atoms in total. The van der Waals surface area contributed by atoms with Gasteiger partial charge < -0.3 is 15.7 Å². The van der Waals surface area contributed by atoms with Crippen LogP contribution in [0.5, 0.6) is 0 Å². The molecule has 2 amide bonds. The molecule has 0 aromatic carbocycles. The van der Waals surface area contributed by atoms with E-state index < -0.39 is 11.5 Å². The molecule has 1 fully saturated rings. The van der Waals surface area contributed by atoms with Gasteiger partial charge in [-0.1, -0.05) is 19.8 Å². The van der Waals surface area contributed by atoms with E-state index in [0.717, 1.165) is 19.3 Å². The molecule has 3 N–H and O–H groups in total. The summed E-state index contributed by atoms with van der Waals surface area (Å²) in [6, 6.07) is 0.0539. The van der Waals surface area contributed by atoms with E-state index >= 15 is 0 Å². The lowest BCUT2D eigenvalue weighted by atomic mass is 9.86. The van der Waals surface area contributed by atoms with Gasteiger partial charge in [0.25, 0.3) is 0 Å². The summed E-state index contributed by atoms with van der Waals surface area (Å²) in [5.41, 5.74) is -0.500. The van der Waals surface area contributed by atoms with Crippen molar-refractivity contribution in [2.75, 3.05) is 0 Å². The van der Waals surface area contributed by atoms with Crippen LogP contribution in [0.4, 0.5) is 4.79 Å². The largest absolute Gasteiger partial charge is 0.481 e. The van der Waals surface area contributed by atoms with E-state index in [9.17, 15) is 9.59 Å². The molecule has 0 radical (unpaired) electrons. The molecule has 1 saturated carbocycles. The Kier molecular flexibility index (Phi) is 5.63. The second kappa shape index (κ2) is 6.78. The van der Waals surface area contributed by atoms with Crippen molar-refractivity contribution < 1.29 is 14.7 Å². The molecule has 1 aliphatic carbocycles. The highest BCUT2D eigenvalue weighted by Gasteiger charge is 2.26. The molecule has 0 saturated heterocycles. The van der Waals surface area contributed by atoms with Crippen LogP contribution in [0.2, 0.25) is 0 Å². The highest BCUT2D eigenvalue weighted by molar-refractivity contribution is 5.75. The zero-order chi connectivity index (χ0) is 14.5. The van der Waals surface area contributed by atoms with Crippen molar-refractivity contribution in [3.8, 4) is 0 Å². The fourth-order valence-electron chi connectivity index (χ4n) is 2.52. The SMILES string of the molecule is CC1CCCCC1NC(=O)NC(C)(C)CCC(=O)O. The van der Waals surface area contributed by atoms with Crippen LogP contribution < -0.4 is 10.6 Å². The number of carbonyl (C=O) groups is 2. The fourth-order valence-corrected chi connectivity index (χ4v) is 2.52. The average Bonchev–Trinajstić information content (AvgIpc) is 2.29. The summed E-state index contributed by atoms with van der Waals surface area (Å²) in [5, 5.41) is 14.6. The smallest absolute Gasteiger partial charge is 0.315 e. The topological polar surface area (TPSA) is 78.4 Å². The van der Waals surface area contributed by atoms with Crippen molar-refractivity contribution in [2.45, 2.75) is 70.9 Å². The average molecular weight is 270 g/mol. The Labute approximate surface area is 115 Å². The third-order valence-electron chi connectivity index (χ3n) is 3.84. The van der Waals surface area contributed by atoms with Gasteiger partial charge in [0.15, 0.2) is 0 Å². The maximum Gasteiger partial charge on any atom is 0.315 e. The molecular weight excluding hydrogens is 244 g/mol. The van der Waals surface area contributed by atoms with E-state index in [0.29, 0.717) is 12.3 Å². The lowest BCUT2D eigenvalue weighted by Gasteiger charge is -2.32. The maximum absolute atomic E-state index is 11.9. The van der Waals surface area contributed by atoms with Gasteiger partial charge in [0, 0.05) is 18.0 Å². The fraction of sp³-hybridized carbons (Fsp3) is 0.857. The third kappa shape index (κ3) is 5.94. The number of aliphatic carboxylic acids is 1. The number of carboxylic acid groups (broad SMARTS) is 1. The minimum atomic E-state index is -0.837. The molecule has 0 heterocycles. The summed E-state index contributed by atoms with van der Waals surface area (Å²) < 4.78 is 0. The highest BCUT2D eigenvalue weighted by atomic mass is 16.4. The van der Waals surface area contributed by atoms with E-state index in [2.05, 4.69) is 17.6 Å². The van der Waals surface area contributed by atoms with Crippen LogP contribution in [0.25, 0.3) is 0 Å². The van der Waals surface area contributed by atoms with Gasteiger partial charge >= 0.3 is 12.0 Å². The number of nitrogens with one attached hydrogen (secondary N) is 2. The molecule has 0 aromatic heterocycles. The number of hydrogen-bond acceptors (Lipinski definition) is 2. The number of carbonyl (C=O) groups excluding carboxylic acids is 1. The van der Waals surface area contributed by atoms with Crippen molar-refractivity contribution in [1.82, 2.24) is 10.6 Å². The molecule has 0 bridgehead atoms. The minimum Gasteiger partial charge on any atom is -0.481 e. The minimum absolute atomic E-state index is 0.0626. The van der Waals surface area contributed by atoms with Crippen LogP contribution >= 0.6 is 0 Å². The second-order valence-corrected chi connectivity index (χ2v) is 6.24. The van der Waals surface area contributed by atoms with Crippen molar-refractivity contribution in [3.05, 3.63) is 0 Å². The summed E-state index contributed by atoms with van der Waals surface area (Å²) in [4.78, 5) is 22.5. The molecule has 1 aliphatic rings. The quantitative estimate of drug-likeness (QED) is 0.718. The van der Waals surface area contributed by atoms with E-state index in [1.165, 1.54) is 6.42 Å². The van der Waals surface area contributed by atoms with Crippen LogP contribution in [0, 0.1) is 5.92 Å². The lowest BCUT2D eigenvalue weighted by molar-refractivity contribution is -0.137. The summed E-state index contributed by atoms with van der Waals surface area (Å²) in [6.07, 6.45) is 5.09. The predicted octanol–water partition coefficient (Wildman–Crippen LogP) is 2.51. The first-order valence-corrected chi connectivity index (χ1v) is 7.10. The Hall–Kier alpha value is -1.26. The van der Waals surface area contributed by atoms with Crippen LogP contribution in [0.15, 0.2) is 0 Å². The molecule has 2 atom stereocenters. The number of hydrogen-bond donors (Lipinski definition) is 3. The van der Waals surface area contributed by atoms with Crippen molar-refractivity contribution >= 4 is 12.0 Å². The number of urea groups is 1. The lowest BCUT2D eigenvalue weighted by Crippen LogP contribution is -2.52. The van der Waals surface area contributed by atoms with Gasteiger partial charge in [-0.15, -0.1) is 0 Å². The molecule has 19 heavy (non-hydrogen) atoms. The van der Waals surface area contributed by atoms with Crippen LogP contribution in [-0.2, 0) is 4.79 Å². The third-order valence-corrected chi connectivity index (χ3v) is 3.84. The highest BCUT2D eigenvalue weighted by Crippen LogP contribution is 2.23. The monoisotopic (exact) mass is 270 g/mol. The number of amides is 2. The van der Waals surface area contributed by atoms with Gasteiger partial charge in [-0.3, -0.25) is 4.79 Å². The Balaban J connectivity index is 2.38. The molecule has 0 aromatic rings. The van der Waals surface area contributed by atoms with E-state index in [1.54, 1.807) is 0 Å². The maximum atomic E-state index is 11.9. The van der Waals surface area contributed by atoms with Gasteiger partial charge in [-0.05, 0) is 39.0 Å². The summed E-state index contributed by atoms with van der Waals surface area (Å²) in [5.74, 6) is -0.321. The van der Waals surface area contributed by atoms with Gasteiger partial charge in [-0.25, -0.2) is 4.79 Å². The molecule has 1 rings (SSSR count). The molecular formula is C14H26N2O3. The van der Waals surface area contributed by atoms with Crippen molar-refractivity contribution in [1.29, 1.82) is 0 Å². The first kappa shape index (κ1) is 15.8. The Morgan fingerprint density at radius 3 is 2.47 bits per heavy atom. The van der Waals surface area contributed by atoms with Gasteiger partial charge in [0.05, 0.1) is 0 Å². The summed E-state index contributed by atoms with van der Waals surface area (Å²) in [6.45, 7) is 5.86. The van der Waals surface area contributed by atoms with E-state index in [4.69, 9.17) is 5.11 Å². The van der Waals surface area contributed by atoms with Crippen molar-refractivity contribution in [3.63, 3.8) is 0 Å². The molecule has 2 unspecified atom stereocenters.